The monoisotopic (exact) mass is 317 g/mol. The lowest BCUT2D eigenvalue weighted by molar-refractivity contribution is -0.0543. The molecule has 0 aromatic carbocycles. The lowest BCUT2D eigenvalue weighted by atomic mass is 9.94. The standard InChI is InChI=1S/C10H16BrN5O2/c11-7-8(14-6-15-9(7)16-12)13-5-10(17)1-3-18-4-2-10/h6,17H,1-5,12H2,(H2,13,14,15,16). The zero-order valence-electron chi connectivity index (χ0n) is 9.82. The number of nitrogens with one attached hydrogen (secondary N) is 2. The van der Waals surface area contributed by atoms with Crippen LogP contribution in [0.3, 0.4) is 0 Å². The van der Waals surface area contributed by atoms with Gasteiger partial charge in [-0.15, -0.1) is 0 Å². The molecule has 1 aromatic heterocycles. The number of rotatable bonds is 4. The Kier molecular flexibility index (Phi) is 4.33. The van der Waals surface area contributed by atoms with Crippen molar-refractivity contribution < 1.29 is 9.84 Å². The number of halogens is 1. The fourth-order valence-electron chi connectivity index (χ4n) is 1.77. The van der Waals surface area contributed by atoms with Crippen molar-refractivity contribution in [3.8, 4) is 0 Å². The van der Waals surface area contributed by atoms with Crippen molar-refractivity contribution in [3.05, 3.63) is 10.8 Å². The van der Waals surface area contributed by atoms with Crippen LogP contribution >= 0.6 is 15.9 Å². The van der Waals surface area contributed by atoms with Gasteiger partial charge >= 0.3 is 0 Å². The molecule has 0 saturated carbocycles. The van der Waals surface area contributed by atoms with E-state index in [4.69, 9.17) is 10.6 Å². The van der Waals surface area contributed by atoms with E-state index in [1.54, 1.807) is 0 Å². The summed E-state index contributed by atoms with van der Waals surface area (Å²) in [5, 5.41) is 13.4. The number of aromatic nitrogens is 2. The van der Waals surface area contributed by atoms with E-state index in [2.05, 4.69) is 36.6 Å². The number of hydrogen-bond donors (Lipinski definition) is 4. The van der Waals surface area contributed by atoms with Crippen LogP contribution in [-0.2, 0) is 4.74 Å². The molecule has 0 amide bonds. The maximum Gasteiger partial charge on any atom is 0.159 e. The molecule has 0 spiro atoms. The summed E-state index contributed by atoms with van der Waals surface area (Å²) in [5.41, 5.74) is 1.71. The molecule has 0 atom stereocenters. The number of hydrogen-bond acceptors (Lipinski definition) is 7. The summed E-state index contributed by atoms with van der Waals surface area (Å²) in [6, 6.07) is 0. The normalized spacial score (nSPS) is 18.4. The SMILES string of the molecule is NNc1ncnc(NCC2(O)CCOCC2)c1Br. The summed E-state index contributed by atoms with van der Waals surface area (Å²) in [4.78, 5) is 8.05. The van der Waals surface area contributed by atoms with E-state index in [0.717, 1.165) is 0 Å². The molecule has 8 heteroatoms. The van der Waals surface area contributed by atoms with Gasteiger partial charge in [-0.05, 0) is 15.9 Å². The van der Waals surface area contributed by atoms with Crippen molar-refractivity contribution in [1.82, 2.24) is 9.97 Å². The molecule has 2 heterocycles. The van der Waals surface area contributed by atoms with Gasteiger partial charge in [-0.1, -0.05) is 0 Å². The molecule has 5 N–H and O–H groups in total. The fraction of sp³-hybridized carbons (Fsp3) is 0.600. The van der Waals surface area contributed by atoms with E-state index >= 15 is 0 Å². The van der Waals surface area contributed by atoms with Gasteiger partial charge in [-0.3, -0.25) is 0 Å². The van der Waals surface area contributed by atoms with E-state index in [0.29, 0.717) is 48.7 Å². The zero-order chi connectivity index (χ0) is 13.0. The predicted octanol–water partition coefficient (Wildman–Crippen LogP) is 0.478. The Bertz CT molecular complexity index is 411. The van der Waals surface area contributed by atoms with Crippen molar-refractivity contribution in [2.75, 3.05) is 30.5 Å². The van der Waals surface area contributed by atoms with Gasteiger partial charge in [-0.25, -0.2) is 15.8 Å². The second-order valence-corrected chi connectivity index (χ2v) is 5.01. The molecule has 100 valence electrons. The summed E-state index contributed by atoms with van der Waals surface area (Å²) in [6.45, 7) is 1.58. The van der Waals surface area contributed by atoms with Crippen LogP contribution in [0.1, 0.15) is 12.8 Å². The number of nitrogens with zero attached hydrogens (tertiary/aromatic N) is 2. The molecule has 2 rings (SSSR count). The van der Waals surface area contributed by atoms with Crippen molar-refractivity contribution in [2.45, 2.75) is 18.4 Å². The van der Waals surface area contributed by atoms with Gasteiger partial charge in [0.15, 0.2) is 5.82 Å². The third-order valence-corrected chi connectivity index (χ3v) is 3.69. The Labute approximate surface area is 113 Å². The molecule has 0 unspecified atom stereocenters. The number of aliphatic hydroxyl groups is 1. The molecule has 0 bridgehead atoms. The van der Waals surface area contributed by atoms with Crippen LogP contribution in [0.5, 0.6) is 0 Å². The van der Waals surface area contributed by atoms with Crippen molar-refractivity contribution in [2.24, 2.45) is 5.84 Å². The van der Waals surface area contributed by atoms with Crippen LogP contribution in [0.2, 0.25) is 0 Å². The minimum atomic E-state index is -0.751. The second kappa shape index (κ2) is 5.79. The molecular formula is C10H16BrN5O2. The van der Waals surface area contributed by atoms with Crippen LogP contribution < -0.4 is 16.6 Å². The summed E-state index contributed by atoms with van der Waals surface area (Å²) in [7, 11) is 0. The summed E-state index contributed by atoms with van der Waals surface area (Å²) >= 11 is 3.35. The van der Waals surface area contributed by atoms with Crippen molar-refractivity contribution >= 4 is 27.6 Å². The smallest absolute Gasteiger partial charge is 0.159 e. The average molecular weight is 318 g/mol. The lowest BCUT2D eigenvalue weighted by Crippen LogP contribution is -2.42. The van der Waals surface area contributed by atoms with E-state index in [1.165, 1.54) is 6.33 Å². The van der Waals surface area contributed by atoms with Crippen molar-refractivity contribution in [3.63, 3.8) is 0 Å². The number of nitrogens with two attached hydrogens (primary N) is 1. The number of hydrazine groups is 1. The molecule has 1 saturated heterocycles. The Morgan fingerprint density at radius 3 is 2.72 bits per heavy atom. The molecular weight excluding hydrogens is 302 g/mol. The Morgan fingerprint density at radius 2 is 2.06 bits per heavy atom. The topological polar surface area (TPSA) is 105 Å². The first-order valence-electron chi connectivity index (χ1n) is 5.66. The van der Waals surface area contributed by atoms with E-state index in [-0.39, 0.29) is 0 Å². The molecule has 1 aliphatic heterocycles. The third kappa shape index (κ3) is 3.08. The lowest BCUT2D eigenvalue weighted by Gasteiger charge is -2.32. The van der Waals surface area contributed by atoms with Gasteiger partial charge in [0.25, 0.3) is 0 Å². The van der Waals surface area contributed by atoms with E-state index in [9.17, 15) is 5.11 Å². The van der Waals surface area contributed by atoms with Gasteiger partial charge in [0.1, 0.15) is 16.6 Å². The molecule has 1 aromatic rings. The second-order valence-electron chi connectivity index (χ2n) is 4.22. The number of anilines is 2. The van der Waals surface area contributed by atoms with Gasteiger partial charge in [-0.2, -0.15) is 0 Å². The molecule has 0 aliphatic carbocycles. The highest BCUT2D eigenvalue weighted by Crippen LogP contribution is 2.27. The van der Waals surface area contributed by atoms with E-state index < -0.39 is 5.60 Å². The van der Waals surface area contributed by atoms with Crippen LogP contribution in [0.25, 0.3) is 0 Å². The summed E-state index contributed by atoms with van der Waals surface area (Å²) < 4.78 is 5.87. The minimum absolute atomic E-state index is 0.413. The highest BCUT2D eigenvalue weighted by atomic mass is 79.9. The first-order valence-corrected chi connectivity index (χ1v) is 6.45. The Balaban J connectivity index is 2.01. The van der Waals surface area contributed by atoms with Crippen LogP contribution in [0.15, 0.2) is 10.8 Å². The highest BCUT2D eigenvalue weighted by molar-refractivity contribution is 9.10. The Hall–Kier alpha value is -0.960. The predicted molar refractivity (Wildman–Crippen MR) is 71.0 cm³/mol. The minimum Gasteiger partial charge on any atom is -0.388 e. The largest absolute Gasteiger partial charge is 0.388 e. The maximum absolute atomic E-state index is 10.3. The summed E-state index contributed by atoms with van der Waals surface area (Å²) in [6.07, 6.45) is 2.63. The van der Waals surface area contributed by atoms with Gasteiger partial charge in [0.2, 0.25) is 0 Å². The Morgan fingerprint density at radius 1 is 1.39 bits per heavy atom. The van der Waals surface area contributed by atoms with Crippen LogP contribution in [0.4, 0.5) is 11.6 Å². The molecule has 0 radical (unpaired) electrons. The number of ether oxygens (including phenoxy) is 1. The third-order valence-electron chi connectivity index (χ3n) is 2.93. The highest BCUT2D eigenvalue weighted by Gasteiger charge is 2.29. The molecule has 1 fully saturated rings. The van der Waals surface area contributed by atoms with Crippen molar-refractivity contribution in [1.29, 1.82) is 0 Å². The van der Waals surface area contributed by atoms with Gasteiger partial charge in [0, 0.05) is 32.6 Å². The van der Waals surface area contributed by atoms with Gasteiger partial charge in [0.05, 0.1) is 5.60 Å². The average Bonchev–Trinajstić information content (AvgIpc) is 2.38. The van der Waals surface area contributed by atoms with E-state index in [1.807, 2.05) is 0 Å². The fourth-order valence-corrected chi connectivity index (χ4v) is 2.23. The quantitative estimate of drug-likeness (QED) is 0.473. The molecule has 1 aliphatic rings. The van der Waals surface area contributed by atoms with Crippen LogP contribution in [0, 0.1) is 0 Å². The molecule has 7 nitrogen and oxygen atoms in total. The first kappa shape index (κ1) is 13.5. The number of nitrogen functional groups attached to an aromatic ring is 1. The zero-order valence-corrected chi connectivity index (χ0v) is 11.4. The van der Waals surface area contributed by atoms with Gasteiger partial charge < -0.3 is 20.6 Å². The molecule has 18 heavy (non-hydrogen) atoms. The first-order chi connectivity index (χ1) is 8.64. The van der Waals surface area contributed by atoms with Crippen LogP contribution in [-0.4, -0.2) is 40.4 Å². The summed E-state index contributed by atoms with van der Waals surface area (Å²) in [5.74, 6) is 6.41. The maximum atomic E-state index is 10.3.